The molecule has 1 N–H and O–H groups in total. The van der Waals surface area contributed by atoms with Crippen LogP contribution < -0.4 is 5.32 Å². The summed E-state index contributed by atoms with van der Waals surface area (Å²) in [6, 6.07) is 0. The van der Waals surface area contributed by atoms with E-state index in [1.165, 1.54) is 0 Å². The molecule has 0 bridgehead atoms. The van der Waals surface area contributed by atoms with Crippen molar-refractivity contribution < 1.29 is 14.3 Å². The molecule has 136 valence electrons. The molecule has 4 heteroatoms. The first-order chi connectivity index (χ1) is 10.9. The van der Waals surface area contributed by atoms with Crippen LogP contribution in [0.4, 0.5) is 0 Å². The molecule has 0 heterocycles. The van der Waals surface area contributed by atoms with Crippen molar-refractivity contribution in [1.29, 1.82) is 0 Å². The lowest BCUT2D eigenvalue weighted by atomic mass is 9.91. The Kier molecular flexibility index (Phi) is 8.99. The maximum Gasteiger partial charge on any atom is 0.313 e. The molecule has 4 nitrogen and oxygen atoms in total. The highest BCUT2D eigenvalue weighted by Crippen LogP contribution is 2.21. The van der Waals surface area contributed by atoms with E-state index in [1.807, 2.05) is 40.7 Å². The first kappa shape index (κ1) is 22.4. The quantitative estimate of drug-likeness (QED) is 0.517. The number of allylic oxidation sites excluding steroid dienone is 1. The van der Waals surface area contributed by atoms with E-state index in [0.717, 1.165) is 12.0 Å². The predicted molar refractivity (Wildman–Crippen MR) is 98.5 cm³/mol. The van der Waals surface area contributed by atoms with Crippen LogP contribution in [-0.4, -0.2) is 30.4 Å². The molecule has 1 unspecified atom stereocenters. The van der Waals surface area contributed by atoms with Gasteiger partial charge in [-0.3, -0.25) is 9.59 Å². The molecule has 0 spiro atoms. The molecule has 0 aliphatic carbocycles. The Hall–Kier alpha value is -1.60. The highest BCUT2D eigenvalue weighted by molar-refractivity contribution is 5.77. The first-order valence-corrected chi connectivity index (χ1v) is 8.53. The zero-order valence-corrected chi connectivity index (χ0v) is 16.3. The Morgan fingerprint density at radius 3 is 2.25 bits per heavy atom. The second kappa shape index (κ2) is 9.64. The average Bonchev–Trinajstić information content (AvgIpc) is 2.43. The summed E-state index contributed by atoms with van der Waals surface area (Å²) in [4.78, 5) is 23.4. The van der Waals surface area contributed by atoms with Crippen LogP contribution in [0.1, 0.15) is 61.3 Å². The van der Waals surface area contributed by atoms with Crippen molar-refractivity contribution >= 4 is 11.8 Å². The number of carbonyl (C=O) groups is 2. The summed E-state index contributed by atoms with van der Waals surface area (Å²) < 4.78 is 5.46. The highest BCUT2D eigenvalue weighted by Gasteiger charge is 2.32. The van der Waals surface area contributed by atoms with Gasteiger partial charge >= 0.3 is 5.97 Å². The van der Waals surface area contributed by atoms with Gasteiger partial charge in [0.25, 0.3) is 0 Å². The number of carbonyl (C=O) groups excluding carboxylic acids is 2. The van der Waals surface area contributed by atoms with Crippen LogP contribution in [0, 0.1) is 23.7 Å². The van der Waals surface area contributed by atoms with Gasteiger partial charge in [0.05, 0.1) is 5.41 Å². The van der Waals surface area contributed by atoms with Gasteiger partial charge in [0, 0.05) is 31.0 Å². The smallest absolute Gasteiger partial charge is 0.313 e. The van der Waals surface area contributed by atoms with Crippen molar-refractivity contribution in [3.8, 4) is 12.3 Å². The lowest BCUT2D eigenvalue weighted by Gasteiger charge is -2.29. The first-order valence-electron chi connectivity index (χ1n) is 8.53. The molecule has 0 saturated heterocycles. The third kappa shape index (κ3) is 8.88. The molecule has 0 aromatic carbocycles. The van der Waals surface area contributed by atoms with Gasteiger partial charge < -0.3 is 10.1 Å². The van der Waals surface area contributed by atoms with Crippen LogP contribution in [-0.2, 0) is 14.3 Å². The molecule has 0 rings (SSSR count). The standard InChI is InChI=1S/C20H33NO3/c1-9-16(12-11-15(3)22)17(10-2)13-21-14-20(7,8)18(23)24-19(4,5)6/h1,12,17,21H,10-11,13-14H2,2-8H3. The van der Waals surface area contributed by atoms with E-state index in [9.17, 15) is 9.59 Å². The van der Waals surface area contributed by atoms with Gasteiger partial charge in [-0.2, -0.15) is 0 Å². The number of hydrogen-bond acceptors (Lipinski definition) is 4. The van der Waals surface area contributed by atoms with Crippen molar-refractivity contribution in [1.82, 2.24) is 5.32 Å². The molecular weight excluding hydrogens is 302 g/mol. The van der Waals surface area contributed by atoms with Gasteiger partial charge in [-0.1, -0.05) is 18.9 Å². The summed E-state index contributed by atoms with van der Waals surface area (Å²) in [5, 5.41) is 3.32. The van der Waals surface area contributed by atoms with Gasteiger partial charge in [-0.25, -0.2) is 0 Å². The number of nitrogens with one attached hydrogen (secondary N) is 1. The normalized spacial score (nSPS) is 14.0. The van der Waals surface area contributed by atoms with Crippen molar-refractivity contribution in [2.45, 2.75) is 66.9 Å². The minimum absolute atomic E-state index is 0.0941. The number of esters is 1. The third-order valence-electron chi connectivity index (χ3n) is 3.62. The van der Waals surface area contributed by atoms with Crippen molar-refractivity contribution in [3.63, 3.8) is 0 Å². The SMILES string of the molecule is C#CC(=CCC(C)=O)C(CC)CNCC(C)(C)C(=O)OC(C)(C)C. The van der Waals surface area contributed by atoms with Crippen LogP contribution >= 0.6 is 0 Å². The zero-order valence-electron chi connectivity index (χ0n) is 16.3. The van der Waals surface area contributed by atoms with E-state index < -0.39 is 11.0 Å². The van der Waals surface area contributed by atoms with Crippen molar-refractivity contribution in [3.05, 3.63) is 11.6 Å². The van der Waals surface area contributed by atoms with E-state index in [2.05, 4.69) is 18.2 Å². The predicted octanol–water partition coefficient (Wildman–Crippen LogP) is 3.51. The van der Waals surface area contributed by atoms with Crippen LogP contribution in [0.2, 0.25) is 0 Å². The molecule has 0 radical (unpaired) electrons. The molecule has 0 aliphatic rings. The maximum absolute atomic E-state index is 12.2. The summed E-state index contributed by atoms with van der Waals surface area (Å²) in [6.45, 7) is 14.1. The Bertz CT molecular complexity index is 504. The van der Waals surface area contributed by atoms with Gasteiger partial charge in [0.1, 0.15) is 11.4 Å². The third-order valence-corrected chi connectivity index (χ3v) is 3.62. The lowest BCUT2D eigenvalue weighted by molar-refractivity contribution is -0.165. The van der Waals surface area contributed by atoms with Gasteiger partial charge in [0.2, 0.25) is 0 Å². The number of rotatable bonds is 9. The number of ether oxygens (including phenoxy) is 1. The maximum atomic E-state index is 12.2. The van der Waals surface area contributed by atoms with Crippen LogP contribution in [0.3, 0.4) is 0 Å². The fraction of sp³-hybridized carbons (Fsp3) is 0.700. The molecule has 0 saturated carbocycles. The van der Waals surface area contributed by atoms with E-state index in [-0.39, 0.29) is 17.7 Å². The molecule has 0 aromatic heterocycles. The van der Waals surface area contributed by atoms with E-state index in [4.69, 9.17) is 11.2 Å². The molecule has 0 fully saturated rings. The monoisotopic (exact) mass is 335 g/mol. The molecule has 0 aliphatic heterocycles. The highest BCUT2D eigenvalue weighted by atomic mass is 16.6. The van der Waals surface area contributed by atoms with Crippen LogP contribution in [0.5, 0.6) is 0 Å². The number of terminal acetylenes is 1. The summed E-state index contributed by atoms with van der Waals surface area (Å²) >= 11 is 0. The molecule has 24 heavy (non-hydrogen) atoms. The number of Topliss-reactive ketones (excluding diaryl/α,β-unsaturated/α-hetero) is 1. The average molecular weight is 335 g/mol. The van der Waals surface area contributed by atoms with Gasteiger partial charge in [-0.05, 0) is 48.0 Å². The number of ketones is 1. The topological polar surface area (TPSA) is 55.4 Å². The molecular formula is C20H33NO3. The summed E-state index contributed by atoms with van der Waals surface area (Å²) in [7, 11) is 0. The molecule has 1 atom stereocenters. The lowest BCUT2D eigenvalue weighted by Crippen LogP contribution is -2.41. The van der Waals surface area contributed by atoms with Gasteiger partial charge in [0.15, 0.2) is 0 Å². The molecule has 0 aromatic rings. The van der Waals surface area contributed by atoms with Crippen molar-refractivity contribution in [2.24, 2.45) is 11.3 Å². The Labute approximate surface area is 147 Å². The van der Waals surface area contributed by atoms with E-state index >= 15 is 0 Å². The largest absolute Gasteiger partial charge is 0.460 e. The Morgan fingerprint density at radius 2 is 1.83 bits per heavy atom. The second-order valence-electron chi connectivity index (χ2n) is 7.83. The Morgan fingerprint density at radius 1 is 1.25 bits per heavy atom. The summed E-state index contributed by atoms with van der Waals surface area (Å²) in [5.74, 6) is 2.72. The van der Waals surface area contributed by atoms with E-state index in [0.29, 0.717) is 19.5 Å². The second-order valence-corrected chi connectivity index (χ2v) is 7.83. The minimum atomic E-state index is -0.620. The van der Waals surface area contributed by atoms with Gasteiger partial charge in [-0.15, -0.1) is 6.42 Å². The van der Waals surface area contributed by atoms with Crippen molar-refractivity contribution in [2.75, 3.05) is 13.1 Å². The Balaban J connectivity index is 4.69. The van der Waals surface area contributed by atoms with Crippen LogP contribution in [0.25, 0.3) is 0 Å². The fourth-order valence-electron chi connectivity index (χ4n) is 2.12. The summed E-state index contributed by atoms with van der Waals surface area (Å²) in [5.41, 5.74) is -0.271. The number of hydrogen-bond donors (Lipinski definition) is 1. The van der Waals surface area contributed by atoms with Crippen LogP contribution in [0.15, 0.2) is 11.6 Å². The molecule has 0 amide bonds. The summed E-state index contributed by atoms with van der Waals surface area (Å²) in [6.07, 6.45) is 8.64. The zero-order chi connectivity index (χ0) is 19.0. The fourth-order valence-corrected chi connectivity index (χ4v) is 2.12. The minimum Gasteiger partial charge on any atom is -0.460 e. The van der Waals surface area contributed by atoms with E-state index in [1.54, 1.807) is 6.92 Å².